The topological polar surface area (TPSA) is 129 Å². The molecule has 0 spiro atoms. The minimum absolute atomic E-state index is 0.376. The molecule has 0 radical (unpaired) electrons. The third-order valence-electron chi connectivity index (χ3n) is 6.86. The number of benzene rings is 3. The van der Waals surface area contributed by atoms with E-state index in [1.54, 1.807) is 38.6 Å². The molecule has 0 aliphatic carbocycles. The standard InChI is InChI=1S/C30H27N5O4/c1-18(21-7-3-6-20(13-21)16-31)39-29(36)27-25(11-9-19-5-4-8-23(14-19)38-2)34-30(37)35-28(27)22-10-12-24-26(15-22)33-17-32-24/h3-8,10,12-15,17-18,27-28H,9,11H2,1-2H3,(H,32,33)(H,35,37). The average Bonchev–Trinajstić information content (AvgIpc) is 3.44. The van der Waals surface area contributed by atoms with Crippen LogP contribution < -0.4 is 10.1 Å². The number of aromatic nitrogens is 2. The lowest BCUT2D eigenvalue weighted by Gasteiger charge is -2.32. The van der Waals surface area contributed by atoms with Crippen LogP contribution in [-0.4, -0.2) is 34.8 Å². The van der Waals surface area contributed by atoms with Crippen molar-refractivity contribution < 1.29 is 19.1 Å². The summed E-state index contributed by atoms with van der Waals surface area (Å²) in [5.74, 6) is -0.634. The number of aryl methyl sites for hydroxylation is 1. The highest BCUT2D eigenvalue weighted by Crippen LogP contribution is 2.33. The van der Waals surface area contributed by atoms with Gasteiger partial charge in [0.2, 0.25) is 0 Å². The zero-order valence-electron chi connectivity index (χ0n) is 21.5. The molecule has 0 fully saturated rings. The van der Waals surface area contributed by atoms with Crippen molar-refractivity contribution in [3.63, 3.8) is 0 Å². The van der Waals surface area contributed by atoms with Crippen LogP contribution in [0.2, 0.25) is 0 Å². The molecule has 0 bridgehead atoms. The molecule has 3 atom stereocenters. The lowest BCUT2D eigenvalue weighted by Crippen LogP contribution is -2.45. The van der Waals surface area contributed by atoms with Crippen LogP contribution in [-0.2, 0) is 16.0 Å². The highest BCUT2D eigenvalue weighted by Gasteiger charge is 2.40. The number of nitrogens with zero attached hydrogens (tertiary/aromatic N) is 3. The van der Waals surface area contributed by atoms with E-state index in [2.05, 4.69) is 26.3 Å². The Labute approximate surface area is 225 Å². The second-order valence-corrected chi connectivity index (χ2v) is 9.36. The molecule has 5 rings (SSSR count). The fraction of sp³-hybridized carbons (Fsp3) is 0.233. The van der Waals surface area contributed by atoms with Crippen LogP contribution in [0.3, 0.4) is 0 Å². The largest absolute Gasteiger partial charge is 0.497 e. The molecule has 9 heteroatoms. The van der Waals surface area contributed by atoms with E-state index >= 15 is 0 Å². The fourth-order valence-electron chi connectivity index (χ4n) is 4.82. The van der Waals surface area contributed by atoms with Gasteiger partial charge >= 0.3 is 12.0 Å². The van der Waals surface area contributed by atoms with Crippen molar-refractivity contribution in [1.29, 1.82) is 5.26 Å². The first-order valence-corrected chi connectivity index (χ1v) is 12.6. The fourth-order valence-corrected chi connectivity index (χ4v) is 4.82. The van der Waals surface area contributed by atoms with Crippen molar-refractivity contribution in [2.24, 2.45) is 10.9 Å². The summed E-state index contributed by atoms with van der Waals surface area (Å²) in [7, 11) is 1.61. The van der Waals surface area contributed by atoms with Gasteiger partial charge in [0, 0.05) is 5.71 Å². The number of ether oxygens (including phenoxy) is 2. The summed E-state index contributed by atoms with van der Waals surface area (Å²) in [6.45, 7) is 1.76. The Morgan fingerprint density at radius 3 is 2.77 bits per heavy atom. The van der Waals surface area contributed by atoms with Crippen LogP contribution in [0.5, 0.6) is 5.75 Å². The first-order valence-electron chi connectivity index (χ1n) is 12.6. The Kier molecular flexibility index (Phi) is 7.37. The van der Waals surface area contributed by atoms with E-state index in [-0.39, 0.29) is 0 Å². The van der Waals surface area contributed by atoms with Crippen molar-refractivity contribution in [3.05, 3.63) is 95.3 Å². The number of hydrogen-bond donors (Lipinski definition) is 2. The summed E-state index contributed by atoms with van der Waals surface area (Å²) >= 11 is 0. The van der Waals surface area contributed by atoms with Gasteiger partial charge in [-0.25, -0.2) is 14.8 Å². The lowest BCUT2D eigenvalue weighted by atomic mass is 9.85. The van der Waals surface area contributed by atoms with Gasteiger partial charge in [-0.15, -0.1) is 0 Å². The second kappa shape index (κ2) is 11.2. The zero-order chi connectivity index (χ0) is 27.4. The SMILES string of the molecule is COc1cccc(CCC2=NC(=O)NC(c3ccc4nc[nH]c4c3)C2C(=O)OC(C)c2cccc(C#N)c2)c1. The quantitative estimate of drug-likeness (QED) is 0.307. The maximum Gasteiger partial charge on any atom is 0.341 e. The Morgan fingerprint density at radius 1 is 1.10 bits per heavy atom. The van der Waals surface area contributed by atoms with Gasteiger partial charge in [-0.05, 0) is 72.9 Å². The minimum Gasteiger partial charge on any atom is -0.497 e. The molecule has 1 aromatic heterocycles. The number of carbonyl (C=O) groups is 2. The van der Waals surface area contributed by atoms with Gasteiger partial charge in [0.1, 0.15) is 17.8 Å². The predicted molar refractivity (Wildman–Crippen MR) is 145 cm³/mol. The van der Waals surface area contributed by atoms with Crippen molar-refractivity contribution in [3.8, 4) is 11.8 Å². The molecular weight excluding hydrogens is 494 g/mol. The van der Waals surface area contributed by atoms with Gasteiger partial charge in [-0.2, -0.15) is 5.26 Å². The van der Waals surface area contributed by atoms with Gasteiger partial charge in [0.15, 0.2) is 0 Å². The average molecular weight is 522 g/mol. The molecule has 2 amide bonds. The van der Waals surface area contributed by atoms with Crippen LogP contribution in [0.1, 0.15) is 47.7 Å². The third kappa shape index (κ3) is 5.65. The lowest BCUT2D eigenvalue weighted by molar-refractivity contribution is -0.152. The number of carbonyl (C=O) groups excluding carboxylic acids is 2. The van der Waals surface area contributed by atoms with Gasteiger partial charge in [0.05, 0.1) is 42.1 Å². The normalized spacial score (nSPS) is 17.6. The first-order chi connectivity index (χ1) is 18.9. The Bertz CT molecular complexity index is 1600. The predicted octanol–water partition coefficient (Wildman–Crippen LogP) is 5.20. The summed E-state index contributed by atoms with van der Waals surface area (Å²) < 4.78 is 11.3. The molecule has 1 aliphatic heterocycles. The molecule has 39 heavy (non-hydrogen) atoms. The van der Waals surface area contributed by atoms with Crippen LogP contribution in [0.15, 0.2) is 78.0 Å². The van der Waals surface area contributed by atoms with Gasteiger partial charge in [0.25, 0.3) is 0 Å². The first kappa shape index (κ1) is 25.7. The van der Waals surface area contributed by atoms with Crippen molar-refractivity contribution in [2.45, 2.75) is 31.9 Å². The molecule has 196 valence electrons. The van der Waals surface area contributed by atoms with Gasteiger partial charge in [-0.1, -0.05) is 30.3 Å². The Hall–Kier alpha value is -4.97. The zero-order valence-corrected chi connectivity index (χ0v) is 21.5. The van der Waals surface area contributed by atoms with E-state index in [0.29, 0.717) is 29.7 Å². The number of methoxy groups -OCH3 is 1. The number of hydrogen-bond acceptors (Lipinski definition) is 6. The number of aliphatic imine (C=N–C) groups is 1. The molecule has 1 aliphatic rings. The number of urea groups is 1. The monoisotopic (exact) mass is 521 g/mol. The van der Waals surface area contributed by atoms with Gasteiger partial charge in [-0.3, -0.25) is 4.79 Å². The number of imidazole rings is 1. The minimum atomic E-state index is -0.852. The maximum atomic E-state index is 13.8. The van der Waals surface area contributed by atoms with E-state index in [1.165, 1.54) is 0 Å². The Balaban J connectivity index is 1.46. The van der Waals surface area contributed by atoms with Crippen LogP contribution in [0, 0.1) is 17.2 Å². The second-order valence-electron chi connectivity index (χ2n) is 9.36. The van der Waals surface area contributed by atoms with E-state index < -0.39 is 30.1 Å². The highest BCUT2D eigenvalue weighted by molar-refractivity contribution is 6.09. The molecule has 9 nitrogen and oxygen atoms in total. The van der Waals surface area contributed by atoms with Crippen LogP contribution in [0.25, 0.3) is 11.0 Å². The smallest absolute Gasteiger partial charge is 0.341 e. The molecule has 0 saturated heterocycles. The summed E-state index contributed by atoms with van der Waals surface area (Å²) in [6, 6.07) is 21.1. The van der Waals surface area contributed by atoms with E-state index in [1.807, 2.05) is 48.5 Å². The molecule has 3 unspecified atom stereocenters. The van der Waals surface area contributed by atoms with Crippen molar-refractivity contribution in [2.75, 3.05) is 7.11 Å². The molecule has 0 saturated carbocycles. The van der Waals surface area contributed by atoms with Crippen molar-refractivity contribution >= 4 is 28.7 Å². The highest BCUT2D eigenvalue weighted by atomic mass is 16.5. The number of amides is 2. The molecule has 4 aromatic rings. The van der Waals surface area contributed by atoms with Crippen LogP contribution >= 0.6 is 0 Å². The number of nitriles is 1. The number of H-pyrrole nitrogens is 1. The summed E-state index contributed by atoms with van der Waals surface area (Å²) in [5, 5.41) is 12.1. The van der Waals surface area contributed by atoms with E-state index in [4.69, 9.17) is 9.47 Å². The third-order valence-corrected chi connectivity index (χ3v) is 6.86. The van der Waals surface area contributed by atoms with Crippen LogP contribution in [0.4, 0.5) is 4.79 Å². The molecule has 3 aromatic carbocycles. The Morgan fingerprint density at radius 2 is 1.95 bits per heavy atom. The number of fused-ring (bicyclic) bond motifs is 1. The van der Waals surface area contributed by atoms with E-state index in [9.17, 15) is 14.9 Å². The van der Waals surface area contributed by atoms with Crippen molar-refractivity contribution in [1.82, 2.24) is 15.3 Å². The summed E-state index contributed by atoms with van der Waals surface area (Å²) in [6.07, 6.45) is 1.91. The number of nitrogens with one attached hydrogen (secondary N) is 2. The summed E-state index contributed by atoms with van der Waals surface area (Å²) in [5.41, 5.74) is 4.91. The summed E-state index contributed by atoms with van der Waals surface area (Å²) in [4.78, 5) is 38.1. The number of esters is 1. The molecular formula is C30H27N5O4. The number of rotatable bonds is 8. The molecule has 2 heterocycles. The van der Waals surface area contributed by atoms with Gasteiger partial charge < -0.3 is 19.8 Å². The number of aromatic amines is 1. The van der Waals surface area contributed by atoms with E-state index in [0.717, 1.165) is 27.9 Å². The maximum absolute atomic E-state index is 13.8. The molecule has 2 N–H and O–H groups in total.